The van der Waals surface area contributed by atoms with Crippen molar-refractivity contribution < 1.29 is 9.18 Å². The van der Waals surface area contributed by atoms with Crippen LogP contribution < -0.4 is 15.5 Å². The first-order valence-corrected chi connectivity index (χ1v) is 11.1. The van der Waals surface area contributed by atoms with Crippen molar-refractivity contribution in [1.29, 1.82) is 0 Å². The van der Waals surface area contributed by atoms with Gasteiger partial charge in [0.1, 0.15) is 5.82 Å². The van der Waals surface area contributed by atoms with Crippen LogP contribution >= 0.6 is 24.0 Å². The van der Waals surface area contributed by atoms with Crippen molar-refractivity contribution in [1.82, 2.24) is 20.4 Å². The molecule has 3 rings (SSSR count). The third-order valence-electron chi connectivity index (χ3n) is 5.92. The lowest BCUT2D eigenvalue weighted by molar-refractivity contribution is -0.129. The molecule has 1 aromatic carbocycles. The number of carbonyl (C=O) groups is 1. The van der Waals surface area contributed by atoms with Crippen LogP contribution in [-0.4, -0.2) is 87.1 Å². The van der Waals surface area contributed by atoms with Gasteiger partial charge in [-0.15, -0.1) is 24.0 Å². The van der Waals surface area contributed by atoms with Crippen molar-refractivity contribution >= 4 is 41.5 Å². The molecule has 2 saturated heterocycles. The number of halogens is 2. The molecule has 0 radical (unpaired) electrons. The Bertz CT molecular complexity index is 726. The lowest BCUT2D eigenvalue weighted by atomic mass is 10.2. The van der Waals surface area contributed by atoms with E-state index in [4.69, 9.17) is 0 Å². The van der Waals surface area contributed by atoms with Crippen LogP contribution in [0.15, 0.2) is 29.3 Å². The molecule has 2 aliphatic heterocycles. The number of likely N-dealkylation sites (tertiary alicyclic amines) is 1. The molecule has 0 spiro atoms. The van der Waals surface area contributed by atoms with E-state index in [1.807, 2.05) is 24.0 Å². The zero-order valence-electron chi connectivity index (χ0n) is 18.6. The fraction of sp³-hybridized carbons (Fsp3) is 0.636. The van der Waals surface area contributed by atoms with Crippen molar-refractivity contribution in [2.45, 2.75) is 32.2 Å². The van der Waals surface area contributed by atoms with E-state index in [-0.39, 0.29) is 41.7 Å². The Morgan fingerprint density at radius 1 is 1.19 bits per heavy atom. The molecule has 174 valence electrons. The third-order valence-corrected chi connectivity index (χ3v) is 5.92. The molecule has 1 atom stereocenters. The number of anilines is 1. The van der Waals surface area contributed by atoms with Gasteiger partial charge in [-0.1, -0.05) is 19.1 Å². The molecule has 1 unspecified atom stereocenters. The lowest BCUT2D eigenvalue weighted by Gasteiger charge is -2.36. The molecule has 31 heavy (non-hydrogen) atoms. The van der Waals surface area contributed by atoms with E-state index < -0.39 is 0 Å². The van der Waals surface area contributed by atoms with Crippen LogP contribution in [0.3, 0.4) is 0 Å². The summed E-state index contributed by atoms with van der Waals surface area (Å²) in [6, 6.07) is 7.27. The Balaban J connectivity index is 0.00000341. The number of nitrogens with one attached hydrogen (secondary N) is 2. The van der Waals surface area contributed by atoms with E-state index in [9.17, 15) is 9.18 Å². The van der Waals surface area contributed by atoms with Crippen LogP contribution in [0, 0.1) is 5.82 Å². The largest absolute Gasteiger partial charge is 0.367 e. The molecule has 7 nitrogen and oxygen atoms in total. The van der Waals surface area contributed by atoms with Gasteiger partial charge in [-0.3, -0.25) is 14.7 Å². The highest BCUT2D eigenvalue weighted by Gasteiger charge is 2.25. The highest BCUT2D eigenvalue weighted by atomic mass is 127. The quantitative estimate of drug-likeness (QED) is 0.238. The maximum atomic E-state index is 14.0. The van der Waals surface area contributed by atoms with Crippen LogP contribution in [0.4, 0.5) is 10.1 Å². The molecular formula is C22H36FIN6O. The predicted octanol–water partition coefficient (Wildman–Crippen LogP) is 2.13. The van der Waals surface area contributed by atoms with E-state index >= 15 is 0 Å². The first-order valence-electron chi connectivity index (χ1n) is 11.1. The molecule has 0 aliphatic carbocycles. The Morgan fingerprint density at radius 2 is 1.94 bits per heavy atom. The second-order valence-electron chi connectivity index (χ2n) is 7.96. The summed E-state index contributed by atoms with van der Waals surface area (Å²) >= 11 is 0. The summed E-state index contributed by atoms with van der Waals surface area (Å²) in [7, 11) is 1.78. The SMILES string of the molecule is CCC(=O)N1CCC(NC(=NC)NCCCN2CCN(c3ccccc3F)CC2)C1.I. The lowest BCUT2D eigenvalue weighted by Crippen LogP contribution is -2.48. The maximum absolute atomic E-state index is 14.0. The van der Waals surface area contributed by atoms with Crippen molar-refractivity contribution in [3.63, 3.8) is 0 Å². The van der Waals surface area contributed by atoms with Crippen molar-refractivity contribution in [2.75, 3.05) is 64.3 Å². The summed E-state index contributed by atoms with van der Waals surface area (Å²) in [6.07, 6.45) is 2.54. The van der Waals surface area contributed by atoms with Gasteiger partial charge in [-0.2, -0.15) is 0 Å². The molecule has 9 heteroatoms. The van der Waals surface area contributed by atoms with Crippen LogP contribution in [-0.2, 0) is 4.79 Å². The summed E-state index contributed by atoms with van der Waals surface area (Å²) in [5.41, 5.74) is 0.708. The Kier molecular flexibility index (Phi) is 10.8. The van der Waals surface area contributed by atoms with Gasteiger partial charge < -0.3 is 20.4 Å². The minimum atomic E-state index is -0.140. The first-order chi connectivity index (χ1) is 14.6. The van der Waals surface area contributed by atoms with Gasteiger partial charge >= 0.3 is 0 Å². The number of para-hydroxylation sites is 1. The molecular weight excluding hydrogens is 510 g/mol. The van der Waals surface area contributed by atoms with Gasteiger partial charge in [0.25, 0.3) is 0 Å². The number of benzene rings is 1. The van der Waals surface area contributed by atoms with E-state index in [2.05, 4.69) is 25.4 Å². The molecule has 2 heterocycles. The van der Waals surface area contributed by atoms with E-state index in [0.717, 1.165) is 71.2 Å². The Labute approximate surface area is 202 Å². The fourth-order valence-corrected chi connectivity index (χ4v) is 4.15. The highest BCUT2D eigenvalue weighted by molar-refractivity contribution is 14.0. The smallest absolute Gasteiger partial charge is 0.222 e. The van der Waals surface area contributed by atoms with Crippen molar-refractivity contribution in [3.05, 3.63) is 30.1 Å². The van der Waals surface area contributed by atoms with Crippen LogP contribution in [0.2, 0.25) is 0 Å². The van der Waals surface area contributed by atoms with Gasteiger partial charge in [0, 0.05) is 65.3 Å². The van der Waals surface area contributed by atoms with Gasteiger partial charge in [0.15, 0.2) is 5.96 Å². The summed E-state index contributed by atoms with van der Waals surface area (Å²) in [6.45, 7) is 8.94. The summed E-state index contributed by atoms with van der Waals surface area (Å²) in [4.78, 5) is 22.6. The van der Waals surface area contributed by atoms with Crippen LogP contribution in [0.1, 0.15) is 26.2 Å². The molecule has 2 N–H and O–H groups in total. The first kappa shape index (κ1) is 25.6. The molecule has 2 fully saturated rings. The minimum Gasteiger partial charge on any atom is -0.367 e. The van der Waals surface area contributed by atoms with Crippen molar-refractivity contribution in [3.8, 4) is 0 Å². The molecule has 1 aromatic rings. The maximum Gasteiger partial charge on any atom is 0.222 e. The Hall–Kier alpha value is -1.62. The van der Waals surface area contributed by atoms with Gasteiger partial charge in [-0.05, 0) is 31.5 Å². The molecule has 2 aliphatic rings. The van der Waals surface area contributed by atoms with Crippen LogP contribution in [0.25, 0.3) is 0 Å². The average Bonchev–Trinajstić information content (AvgIpc) is 3.24. The number of carbonyl (C=O) groups excluding carboxylic acids is 1. The third kappa shape index (κ3) is 7.48. The number of guanidine groups is 1. The van der Waals surface area contributed by atoms with E-state index in [1.165, 1.54) is 6.07 Å². The monoisotopic (exact) mass is 546 g/mol. The number of amides is 1. The number of rotatable bonds is 7. The minimum absolute atomic E-state index is 0. The van der Waals surface area contributed by atoms with E-state index in [0.29, 0.717) is 12.1 Å². The van der Waals surface area contributed by atoms with Gasteiger partial charge in [0.2, 0.25) is 5.91 Å². The van der Waals surface area contributed by atoms with E-state index in [1.54, 1.807) is 13.1 Å². The standard InChI is InChI=1S/C22H35FN6O.HI/c1-3-21(30)29-12-9-18(17-29)26-22(24-2)25-10-6-11-27-13-15-28(16-14-27)20-8-5-4-7-19(20)23;/h4-5,7-8,18H,3,6,9-17H2,1-2H3,(H2,24,25,26);1H. The summed E-state index contributed by atoms with van der Waals surface area (Å²) in [5.74, 6) is 0.881. The molecule has 1 amide bonds. The molecule has 0 aromatic heterocycles. The predicted molar refractivity (Wildman–Crippen MR) is 135 cm³/mol. The summed E-state index contributed by atoms with van der Waals surface area (Å²) in [5, 5.41) is 6.82. The second kappa shape index (κ2) is 13.0. The number of nitrogens with zero attached hydrogens (tertiary/aromatic N) is 4. The normalized spacial score (nSPS) is 19.8. The number of piperazine rings is 1. The van der Waals surface area contributed by atoms with Crippen LogP contribution in [0.5, 0.6) is 0 Å². The van der Waals surface area contributed by atoms with Gasteiger partial charge in [-0.25, -0.2) is 4.39 Å². The van der Waals surface area contributed by atoms with Crippen molar-refractivity contribution in [2.24, 2.45) is 4.99 Å². The fourth-order valence-electron chi connectivity index (χ4n) is 4.15. The zero-order valence-corrected chi connectivity index (χ0v) is 21.0. The summed E-state index contributed by atoms with van der Waals surface area (Å²) < 4.78 is 14.0. The number of hydrogen-bond acceptors (Lipinski definition) is 4. The zero-order chi connectivity index (χ0) is 21.3. The molecule has 0 bridgehead atoms. The highest BCUT2D eigenvalue weighted by Crippen LogP contribution is 2.20. The second-order valence-corrected chi connectivity index (χ2v) is 7.96. The number of aliphatic imine (C=N–C) groups is 1. The molecule has 0 saturated carbocycles. The van der Waals surface area contributed by atoms with Gasteiger partial charge in [0.05, 0.1) is 5.69 Å². The Morgan fingerprint density at radius 3 is 2.61 bits per heavy atom. The number of hydrogen-bond donors (Lipinski definition) is 2. The topological polar surface area (TPSA) is 63.2 Å². The average molecular weight is 546 g/mol.